The number of aryl methyl sites for hydroxylation is 1. The van der Waals surface area contributed by atoms with Crippen molar-refractivity contribution in [2.75, 3.05) is 26.2 Å². The molecule has 4 nitrogen and oxygen atoms in total. The fourth-order valence-electron chi connectivity index (χ4n) is 4.35. The topological polar surface area (TPSA) is 36.4 Å². The van der Waals surface area contributed by atoms with Crippen LogP contribution >= 0.6 is 0 Å². The maximum atomic E-state index is 12.2. The molecule has 3 heterocycles. The molecule has 2 fully saturated rings. The maximum absolute atomic E-state index is 12.2. The quantitative estimate of drug-likeness (QED) is 0.831. The van der Waals surface area contributed by atoms with Crippen LogP contribution in [-0.4, -0.2) is 46.9 Å². The van der Waals surface area contributed by atoms with Crippen LogP contribution in [-0.2, 0) is 11.3 Å². The van der Waals surface area contributed by atoms with Gasteiger partial charge in [0, 0.05) is 43.7 Å². The van der Waals surface area contributed by atoms with Gasteiger partial charge in [-0.1, -0.05) is 19.4 Å². The molecule has 2 aliphatic rings. The minimum absolute atomic E-state index is 0.309. The van der Waals surface area contributed by atoms with E-state index >= 15 is 0 Å². The van der Waals surface area contributed by atoms with E-state index in [2.05, 4.69) is 46.8 Å². The van der Waals surface area contributed by atoms with Crippen molar-refractivity contribution in [3.8, 4) is 0 Å². The molecule has 2 aliphatic heterocycles. The van der Waals surface area contributed by atoms with E-state index in [1.54, 1.807) is 0 Å². The number of likely N-dealkylation sites (tertiary alicyclic amines) is 2. The Hall–Kier alpha value is -1.42. The van der Waals surface area contributed by atoms with Crippen molar-refractivity contribution in [2.45, 2.75) is 58.9 Å². The molecule has 1 aromatic heterocycles. The average molecular weight is 329 g/mol. The van der Waals surface area contributed by atoms with Gasteiger partial charge < -0.3 is 4.90 Å². The van der Waals surface area contributed by atoms with Crippen LogP contribution in [0.1, 0.15) is 56.8 Å². The Morgan fingerprint density at radius 1 is 1.25 bits per heavy atom. The minimum Gasteiger partial charge on any atom is -0.342 e. The molecule has 0 aromatic carbocycles. The first-order valence-electron chi connectivity index (χ1n) is 9.53. The molecular weight excluding hydrogens is 298 g/mol. The second kappa shape index (κ2) is 7.64. The largest absolute Gasteiger partial charge is 0.342 e. The molecule has 3 rings (SSSR count). The summed E-state index contributed by atoms with van der Waals surface area (Å²) in [7, 11) is 0. The number of nitrogens with zero attached hydrogens (tertiary/aromatic N) is 3. The van der Waals surface area contributed by atoms with Crippen molar-refractivity contribution in [2.24, 2.45) is 5.41 Å². The van der Waals surface area contributed by atoms with Crippen molar-refractivity contribution >= 4 is 5.91 Å². The highest BCUT2D eigenvalue weighted by atomic mass is 16.2. The van der Waals surface area contributed by atoms with Crippen LogP contribution in [0.25, 0.3) is 0 Å². The lowest BCUT2D eigenvalue weighted by Crippen LogP contribution is -2.54. The van der Waals surface area contributed by atoms with Crippen molar-refractivity contribution in [1.29, 1.82) is 0 Å². The third-order valence-corrected chi connectivity index (χ3v) is 5.60. The number of carbonyl (C=O) groups is 1. The second-order valence-electron chi connectivity index (χ2n) is 7.75. The lowest BCUT2D eigenvalue weighted by Gasteiger charge is -2.48. The standard InChI is InChI=1S/C20H31N3O/c1-3-4-13-23-16-20(11-9-19(23)24)10-6-12-22(15-20)14-18-8-5-7-17(2)21-18/h5,7-8H,3-4,6,9-16H2,1-2H3/t20-/m0/s1. The van der Waals surface area contributed by atoms with Gasteiger partial charge in [0.1, 0.15) is 0 Å². The van der Waals surface area contributed by atoms with Gasteiger partial charge in [0.25, 0.3) is 0 Å². The SMILES string of the molecule is CCCCN1C[C@@]2(CCCN(Cc3cccc(C)n3)C2)CCC1=O. The molecule has 1 atom stereocenters. The van der Waals surface area contributed by atoms with Gasteiger partial charge >= 0.3 is 0 Å². The zero-order valence-corrected chi connectivity index (χ0v) is 15.3. The van der Waals surface area contributed by atoms with E-state index in [-0.39, 0.29) is 0 Å². The van der Waals surface area contributed by atoms with Gasteiger partial charge in [-0.3, -0.25) is 14.7 Å². The predicted molar refractivity (Wildman–Crippen MR) is 96.6 cm³/mol. The first-order valence-corrected chi connectivity index (χ1v) is 9.53. The molecule has 0 aliphatic carbocycles. The summed E-state index contributed by atoms with van der Waals surface area (Å²) < 4.78 is 0. The molecular formula is C20H31N3O. The van der Waals surface area contributed by atoms with Gasteiger partial charge in [0.2, 0.25) is 5.91 Å². The molecule has 1 spiro atoms. The average Bonchev–Trinajstić information content (AvgIpc) is 2.56. The van der Waals surface area contributed by atoms with Gasteiger partial charge in [-0.15, -0.1) is 0 Å². The van der Waals surface area contributed by atoms with Crippen molar-refractivity contribution < 1.29 is 4.79 Å². The molecule has 0 N–H and O–H groups in total. The maximum Gasteiger partial charge on any atom is 0.222 e. The third kappa shape index (κ3) is 4.15. The summed E-state index contributed by atoms with van der Waals surface area (Å²) in [4.78, 5) is 21.6. The summed E-state index contributed by atoms with van der Waals surface area (Å²) in [5.41, 5.74) is 2.57. The molecule has 1 amide bonds. The highest BCUT2D eigenvalue weighted by Crippen LogP contribution is 2.39. The van der Waals surface area contributed by atoms with Gasteiger partial charge in [-0.25, -0.2) is 0 Å². The molecule has 4 heteroatoms. The van der Waals surface area contributed by atoms with E-state index in [1.807, 2.05) is 0 Å². The zero-order chi connectivity index (χ0) is 17.0. The number of amides is 1. The minimum atomic E-state index is 0.309. The van der Waals surface area contributed by atoms with E-state index < -0.39 is 0 Å². The van der Waals surface area contributed by atoms with Crippen LogP contribution in [0.4, 0.5) is 0 Å². The summed E-state index contributed by atoms with van der Waals surface area (Å²) in [6, 6.07) is 6.29. The Morgan fingerprint density at radius 3 is 2.92 bits per heavy atom. The van der Waals surface area contributed by atoms with Crippen LogP contribution in [0, 0.1) is 12.3 Å². The normalized spacial score (nSPS) is 25.4. The van der Waals surface area contributed by atoms with Crippen LogP contribution in [0.3, 0.4) is 0 Å². The Kier molecular flexibility index (Phi) is 5.54. The predicted octanol–water partition coefficient (Wildman–Crippen LogP) is 3.39. The number of aromatic nitrogens is 1. The van der Waals surface area contributed by atoms with E-state index in [9.17, 15) is 4.79 Å². The molecule has 1 aromatic rings. The Morgan fingerprint density at radius 2 is 2.12 bits per heavy atom. The van der Waals surface area contributed by atoms with E-state index in [1.165, 1.54) is 18.5 Å². The van der Waals surface area contributed by atoms with Crippen LogP contribution in [0.15, 0.2) is 18.2 Å². The molecule has 0 radical (unpaired) electrons. The number of pyridine rings is 1. The first kappa shape index (κ1) is 17.4. The number of carbonyl (C=O) groups excluding carboxylic acids is 1. The van der Waals surface area contributed by atoms with Crippen molar-refractivity contribution in [1.82, 2.24) is 14.8 Å². The number of piperidine rings is 2. The summed E-state index contributed by atoms with van der Waals surface area (Å²) >= 11 is 0. The van der Waals surface area contributed by atoms with Gasteiger partial charge in [-0.05, 0) is 51.3 Å². The smallest absolute Gasteiger partial charge is 0.222 e. The highest BCUT2D eigenvalue weighted by molar-refractivity contribution is 5.77. The Labute approximate surface area is 146 Å². The molecule has 24 heavy (non-hydrogen) atoms. The third-order valence-electron chi connectivity index (χ3n) is 5.60. The fourth-order valence-corrected chi connectivity index (χ4v) is 4.35. The van der Waals surface area contributed by atoms with Crippen molar-refractivity contribution in [3.63, 3.8) is 0 Å². The Bertz CT molecular complexity index is 574. The number of hydrogen-bond donors (Lipinski definition) is 0. The molecule has 2 saturated heterocycles. The van der Waals surface area contributed by atoms with E-state index in [4.69, 9.17) is 0 Å². The number of unbranched alkanes of at least 4 members (excludes halogenated alkanes) is 1. The zero-order valence-electron chi connectivity index (χ0n) is 15.3. The molecule has 0 unspecified atom stereocenters. The summed E-state index contributed by atoms with van der Waals surface area (Å²) in [5, 5.41) is 0. The van der Waals surface area contributed by atoms with Crippen molar-refractivity contribution in [3.05, 3.63) is 29.6 Å². The molecule has 0 saturated carbocycles. The van der Waals surface area contributed by atoms with Crippen LogP contribution in [0.5, 0.6) is 0 Å². The molecule has 132 valence electrons. The van der Waals surface area contributed by atoms with E-state index in [0.29, 0.717) is 11.3 Å². The lowest BCUT2D eigenvalue weighted by atomic mass is 9.73. The number of rotatable bonds is 5. The fraction of sp³-hybridized carbons (Fsp3) is 0.700. The summed E-state index contributed by atoms with van der Waals surface area (Å²) in [5.74, 6) is 0.367. The van der Waals surface area contributed by atoms with Crippen LogP contribution < -0.4 is 0 Å². The van der Waals surface area contributed by atoms with E-state index in [0.717, 1.165) is 64.1 Å². The molecule has 0 bridgehead atoms. The highest BCUT2D eigenvalue weighted by Gasteiger charge is 2.41. The lowest BCUT2D eigenvalue weighted by molar-refractivity contribution is -0.139. The number of hydrogen-bond acceptors (Lipinski definition) is 3. The first-order chi connectivity index (χ1) is 11.6. The van der Waals surface area contributed by atoms with Crippen LogP contribution in [0.2, 0.25) is 0 Å². The van der Waals surface area contributed by atoms with Gasteiger partial charge in [0.05, 0.1) is 5.69 Å². The Balaban J connectivity index is 1.64. The second-order valence-corrected chi connectivity index (χ2v) is 7.75. The van der Waals surface area contributed by atoms with Gasteiger partial charge in [-0.2, -0.15) is 0 Å². The van der Waals surface area contributed by atoms with Gasteiger partial charge in [0.15, 0.2) is 0 Å². The summed E-state index contributed by atoms with van der Waals surface area (Å²) in [6.45, 7) is 9.35. The summed E-state index contributed by atoms with van der Waals surface area (Å²) in [6.07, 6.45) is 6.58. The monoisotopic (exact) mass is 329 g/mol.